The number of carbonyl (C=O) groups excluding carboxylic acids is 1. The molecular formula is C23H30N4O3. The lowest BCUT2D eigenvalue weighted by Crippen LogP contribution is -2.36. The van der Waals surface area contributed by atoms with E-state index < -0.39 is 0 Å². The number of rotatable bonds is 8. The van der Waals surface area contributed by atoms with Gasteiger partial charge in [0.05, 0.1) is 18.8 Å². The summed E-state index contributed by atoms with van der Waals surface area (Å²) in [6, 6.07) is 10.6. The molecule has 1 aromatic heterocycles. The van der Waals surface area contributed by atoms with Crippen LogP contribution in [0, 0.1) is 0 Å². The standard InChI is InChI=1S/C23H30N4O3/c1-29-10-11-30-22-13-21-20(23(24)25-22)12-19(28)16-27(21)15-18-6-4-17(5-7-18)14-26-8-2-3-9-26/h4-7,13H,2-3,8-12,14-16H2,1H3,(H2,24,25). The number of ether oxygens (including phenoxy) is 2. The fourth-order valence-corrected chi connectivity index (χ4v) is 4.18. The van der Waals surface area contributed by atoms with Gasteiger partial charge in [-0.1, -0.05) is 24.3 Å². The molecule has 7 nitrogen and oxygen atoms in total. The number of methoxy groups -OCH3 is 1. The molecule has 0 saturated carbocycles. The summed E-state index contributed by atoms with van der Waals surface area (Å²) >= 11 is 0. The van der Waals surface area contributed by atoms with Crippen molar-refractivity contribution in [1.82, 2.24) is 9.88 Å². The molecule has 0 amide bonds. The van der Waals surface area contributed by atoms with Crippen LogP contribution < -0.4 is 15.4 Å². The predicted octanol–water partition coefficient (Wildman–Crippen LogP) is 2.42. The summed E-state index contributed by atoms with van der Waals surface area (Å²) in [5, 5.41) is 0. The zero-order chi connectivity index (χ0) is 20.9. The molecule has 0 bridgehead atoms. The van der Waals surface area contributed by atoms with Gasteiger partial charge >= 0.3 is 0 Å². The van der Waals surface area contributed by atoms with E-state index in [1.807, 2.05) is 6.07 Å². The summed E-state index contributed by atoms with van der Waals surface area (Å²) in [5.74, 6) is 0.970. The maximum atomic E-state index is 12.3. The maximum Gasteiger partial charge on any atom is 0.217 e. The molecule has 3 heterocycles. The SMILES string of the molecule is COCCOc1cc2c(c(N)n1)CC(=O)CN2Cc1ccc(CN2CCCC2)cc1. The number of fused-ring (bicyclic) bond motifs is 1. The van der Waals surface area contributed by atoms with Gasteiger partial charge in [0.1, 0.15) is 12.4 Å². The number of hydrogen-bond acceptors (Lipinski definition) is 7. The van der Waals surface area contributed by atoms with E-state index in [-0.39, 0.29) is 5.78 Å². The van der Waals surface area contributed by atoms with Crippen molar-refractivity contribution in [3.05, 3.63) is 47.0 Å². The largest absolute Gasteiger partial charge is 0.475 e. The molecule has 7 heteroatoms. The van der Waals surface area contributed by atoms with Gasteiger partial charge in [0.15, 0.2) is 5.78 Å². The first-order valence-electron chi connectivity index (χ1n) is 10.6. The van der Waals surface area contributed by atoms with Crippen LogP contribution in [0.25, 0.3) is 0 Å². The third-order valence-electron chi connectivity index (χ3n) is 5.73. The van der Waals surface area contributed by atoms with Crippen LogP contribution in [0.4, 0.5) is 11.5 Å². The second-order valence-electron chi connectivity index (χ2n) is 8.06. The fraction of sp³-hybridized carbons (Fsp3) is 0.478. The molecule has 1 aromatic carbocycles. The van der Waals surface area contributed by atoms with E-state index in [0.717, 1.165) is 23.4 Å². The van der Waals surface area contributed by atoms with Gasteiger partial charge in [-0.2, -0.15) is 4.98 Å². The summed E-state index contributed by atoms with van der Waals surface area (Å²) in [6.07, 6.45) is 2.92. The minimum absolute atomic E-state index is 0.148. The molecule has 2 aliphatic rings. The van der Waals surface area contributed by atoms with Crippen molar-refractivity contribution < 1.29 is 14.3 Å². The Hall–Kier alpha value is -2.64. The lowest BCUT2D eigenvalue weighted by Gasteiger charge is -2.31. The Balaban J connectivity index is 1.49. The van der Waals surface area contributed by atoms with E-state index in [1.165, 1.54) is 31.5 Å². The van der Waals surface area contributed by atoms with Crippen molar-refractivity contribution in [1.29, 1.82) is 0 Å². The molecule has 4 rings (SSSR count). The molecule has 30 heavy (non-hydrogen) atoms. The van der Waals surface area contributed by atoms with E-state index in [4.69, 9.17) is 15.2 Å². The highest BCUT2D eigenvalue weighted by Crippen LogP contribution is 2.33. The monoisotopic (exact) mass is 410 g/mol. The topological polar surface area (TPSA) is 80.9 Å². The van der Waals surface area contributed by atoms with Crippen molar-refractivity contribution in [2.24, 2.45) is 0 Å². The number of hydrogen-bond donors (Lipinski definition) is 1. The molecule has 1 fully saturated rings. The number of ketones is 1. The molecule has 0 radical (unpaired) electrons. The summed E-state index contributed by atoms with van der Waals surface area (Å²) in [7, 11) is 1.63. The third kappa shape index (κ3) is 4.91. The first-order valence-corrected chi connectivity index (χ1v) is 10.6. The number of nitrogens with zero attached hydrogens (tertiary/aromatic N) is 3. The van der Waals surface area contributed by atoms with Gasteiger partial charge in [-0.15, -0.1) is 0 Å². The second-order valence-corrected chi connectivity index (χ2v) is 8.06. The zero-order valence-electron chi connectivity index (χ0n) is 17.6. The molecule has 160 valence electrons. The number of benzene rings is 1. The van der Waals surface area contributed by atoms with Crippen molar-refractivity contribution in [2.75, 3.05) is 50.6 Å². The Morgan fingerprint density at radius 2 is 1.77 bits per heavy atom. The maximum absolute atomic E-state index is 12.3. The fourth-order valence-electron chi connectivity index (χ4n) is 4.18. The number of Topliss-reactive ketones (excluding diaryl/α,β-unsaturated/α-hetero) is 1. The molecule has 0 unspecified atom stereocenters. The van der Waals surface area contributed by atoms with Gasteiger partial charge in [-0.3, -0.25) is 9.69 Å². The predicted molar refractivity (Wildman–Crippen MR) is 117 cm³/mol. The summed E-state index contributed by atoms with van der Waals surface area (Å²) in [5.41, 5.74) is 10.4. The van der Waals surface area contributed by atoms with Gasteiger partial charge in [0.2, 0.25) is 5.88 Å². The normalized spacial score (nSPS) is 16.7. The van der Waals surface area contributed by atoms with Crippen LogP contribution in [0.5, 0.6) is 5.88 Å². The first kappa shape index (κ1) is 20.6. The Kier molecular flexibility index (Phi) is 6.50. The minimum Gasteiger partial charge on any atom is -0.475 e. The van der Waals surface area contributed by atoms with E-state index >= 15 is 0 Å². The number of carbonyl (C=O) groups is 1. The summed E-state index contributed by atoms with van der Waals surface area (Å²) < 4.78 is 10.7. The molecule has 2 N–H and O–H groups in total. The van der Waals surface area contributed by atoms with Crippen molar-refractivity contribution in [3.63, 3.8) is 0 Å². The molecule has 0 aliphatic carbocycles. The highest BCUT2D eigenvalue weighted by atomic mass is 16.5. The Labute approximate surface area is 177 Å². The van der Waals surface area contributed by atoms with E-state index in [0.29, 0.717) is 44.4 Å². The lowest BCUT2D eigenvalue weighted by atomic mass is 10.0. The van der Waals surface area contributed by atoms with Crippen molar-refractivity contribution in [2.45, 2.75) is 32.4 Å². The van der Waals surface area contributed by atoms with Crippen LogP contribution >= 0.6 is 0 Å². The van der Waals surface area contributed by atoms with Gasteiger partial charge in [-0.05, 0) is 37.1 Å². The summed E-state index contributed by atoms with van der Waals surface area (Å²) in [4.78, 5) is 21.2. The molecular weight excluding hydrogens is 380 g/mol. The molecule has 1 saturated heterocycles. The number of nitrogen functional groups attached to an aromatic ring is 1. The van der Waals surface area contributed by atoms with Gasteiger partial charge in [-0.25, -0.2) is 0 Å². The Morgan fingerprint density at radius 3 is 2.47 bits per heavy atom. The van der Waals surface area contributed by atoms with Gasteiger partial charge < -0.3 is 20.1 Å². The van der Waals surface area contributed by atoms with Crippen molar-refractivity contribution in [3.8, 4) is 5.88 Å². The highest BCUT2D eigenvalue weighted by molar-refractivity contribution is 5.92. The van der Waals surface area contributed by atoms with Crippen LogP contribution in [0.1, 0.15) is 29.5 Å². The van der Waals surface area contributed by atoms with Crippen molar-refractivity contribution >= 4 is 17.3 Å². The van der Waals surface area contributed by atoms with Crippen LogP contribution in [0.15, 0.2) is 30.3 Å². The quantitative estimate of drug-likeness (QED) is 0.670. The average molecular weight is 411 g/mol. The van der Waals surface area contributed by atoms with E-state index in [9.17, 15) is 4.79 Å². The second kappa shape index (κ2) is 9.45. The molecule has 0 atom stereocenters. The third-order valence-corrected chi connectivity index (χ3v) is 5.73. The first-order chi connectivity index (χ1) is 14.6. The van der Waals surface area contributed by atoms with Crippen LogP contribution in [-0.4, -0.2) is 55.6 Å². The average Bonchev–Trinajstić information content (AvgIpc) is 3.24. The minimum atomic E-state index is 0.148. The highest BCUT2D eigenvalue weighted by Gasteiger charge is 2.26. The number of nitrogens with two attached hydrogens (primary N) is 1. The summed E-state index contributed by atoms with van der Waals surface area (Å²) in [6.45, 7) is 5.28. The van der Waals surface area contributed by atoms with Crippen LogP contribution in [-0.2, 0) is 29.0 Å². The Morgan fingerprint density at radius 1 is 1.07 bits per heavy atom. The number of pyridine rings is 1. The number of anilines is 2. The zero-order valence-corrected chi connectivity index (χ0v) is 17.6. The van der Waals surface area contributed by atoms with E-state index in [1.54, 1.807) is 7.11 Å². The van der Waals surface area contributed by atoms with Gasteiger partial charge in [0, 0.05) is 38.2 Å². The lowest BCUT2D eigenvalue weighted by molar-refractivity contribution is -0.117. The number of likely N-dealkylation sites (tertiary alicyclic amines) is 1. The Bertz CT molecular complexity index is 879. The molecule has 2 aromatic rings. The van der Waals surface area contributed by atoms with Crippen LogP contribution in [0.3, 0.4) is 0 Å². The molecule has 0 spiro atoms. The molecule has 2 aliphatic heterocycles. The smallest absolute Gasteiger partial charge is 0.217 e. The number of aromatic nitrogens is 1. The van der Waals surface area contributed by atoms with E-state index in [2.05, 4.69) is 39.0 Å². The van der Waals surface area contributed by atoms with Gasteiger partial charge in [0.25, 0.3) is 0 Å². The van der Waals surface area contributed by atoms with Crippen LogP contribution in [0.2, 0.25) is 0 Å².